The minimum Gasteiger partial charge on any atom is -0.479 e. The largest absolute Gasteiger partial charge is 0.479 e. The van der Waals surface area contributed by atoms with Crippen molar-refractivity contribution in [1.82, 2.24) is 0 Å². The molecule has 2 N–H and O–H groups in total. The standard InChI is InChI=1S/C9H16F2O3/c10-6-4-2-1-3-5-7(12)8(11)9(13)14/h7-8,12H,1-6H2,(H,13,14). The lowest BCUT2D eigenvalue weighted by molar-refractivity contribution is -0.147. The first-order valence-electron chi connectivity index (χ1n) is 4.70. The van der Waals surface area contributed by atoms with Crippen molar-refractivity contribution < 1.29 is 23.8 Å². The summed E-state index contributed by atoms with van der Waals surface area (Å²) in [6, 6.07) is 0. The van der Waals surface area contributed by atoms with Gasteiger partial charge in [-0.3, -0.25) is 4.39 Å². The Balaban J connectivity index is 3.43. The molecule has 0 aliphatic carbocycles. The number of aliphatic hydroxyl groups is 1. The summed E-state index contributed by atoms with van der Waals surface area (Å²) in [7, 11) is 0. The van der Waals surface area contributed by atoms with Crippen LogP contribution in [0.4, 0.5) is 8.78 Å². The van der Waals surface area contributed by atoms with Crippen molar-refractivity contribution in [2.75, 3.05) is 6.67 Å². The van der Waals surface area contributed by atoms with Gasteiger partial charge in [0, 0.05) is 0 Å². The number of carbonyl (C=O) groups is 1. The lowest BCUT2D eigenvalue weighted by Crippen LogP contribution is -2.29. The molecule has 0 spiro atoms. The fourth-order valence-corrected chi connectivity index (χ4v) is 1.11. The van der Waals surface area contributed by atoms with Gasteiger partial charge in [0.15, 0.2) is 0 Å². The summed E-state index contributed by atoms with van der Waals surface area (Å²) >= 11 is 0. The molecular formula is C9H16F2O3. The van der Waals surface area contributed by atoms with Crippen molar-refractivity contribution in [3.05, 3.63) is 0 Å². The second-order valence-corrected chi connectivity index (χ2v) is 3.20. The minimum atomic E-state index is -2.21. The molecule has 0 aromatic rings. The van der Waals surface area contributed by atoms with Gasteiger partial charge in [0.25, 0.3) is 0 Å². The van der Waals surface area contributed by atoms with E-state index >= 15 is 0 Å². The number of rotatable bonds is 8. The van der Waals surface area contributed by atoms with Crippen LogP contribution in [0.2, 0.25) is 0 Å². The van der Waals surface area contributed by atoms with Crippen LogP contribution in [0.1, 0.15) is 32.1 Å². The number of aliphatic hydroxyl groups excluding tert-OH is 1. The SMILES string of the molecule is O=C(O)C(F)C(O)CCCCCCF. The fourth-order valence-electron chi connectivity index (χ4n) is 1.11. The summed E-state index contributed by atoms with van der Waals surface area (Å²) in [5.41, 5.74) is 0. The van der Waals surface area contributed by atoms with Crippen LogP contribution in [0.5, 0.6) is 0 Å². The first-order chi connectivity index (χ1) is 6.59. The monoisotopic (exact) mass is 210 g/mol. The van der Waals surface area contributed by atoms with Crippen molar-refractivity contribution in [1.29, 1.82) is 0 Å². The number of alkyl halides is 2. The van der Waals surface area contributed by atoms with Crippen LogP contribution in [0.15, 0.2) is 0 Å². The van der Waals surface area contributed by atoms with Crippen molar-refractivity contribution in [3.63, 3.8) is 0 Å². The van der Waals surface area contributed by atoms with Gasteiger partial charge in [-0.05, 0) is 12.8 Å². The maximum absolute atomic E-state index is 12.6. The predicted octanol–water partition coefficient (Wildman–Crippen LogP) is 1.69. The molecule has 5 heteroatoms. The number of hydrogen-bond acceptors (Lipinski definition) is 2. The average molecular weight is 210 g/mol. The van der Waals surface area contributed by atoms with Crippen LogP contribution in [0.3, 0.4) is 0 Å². The molecule has 0 aliphatic rings. The van der Waals surface area contributed by atoms with Gasteiger partial charge < -0.3 is 10.2 Å². The Labute approximate surface area is 81.7 Å². The molecule has 0 amide bonds. The van der Waals surface area contributed by atoms with E-state index in [1.54, 1.807) is 0 Å². The third kappa shape index (κ3) is 5.85. The van der Waals surface area contributed by atoms with E-state index in [0.717, 1.165) is 0 Å². The third-order valence-electron chi connectivity index (χ3n) is 1.96. The van der Waals surface area contributed by atoms with Gasteiger partial charge in [-0.1, -0.05) is 19.3 Å². The first-order valence-corrected chi connectivity index (χ1v) is 4.70. The van der Waals surface area contributed by atoms with E-state index in [9.17, 15) is 13.6 Å². The van der Waals surface area contributed by atoms with Crippen molar-refractivity contribution >= 4 is 5.97 Å². The second kappa shape index (κ2) is 7.67. The summed E-state index contributed by atoms with van der Waals surface area (Å²) < 4.78 is 24.2. The molecule has 0 heterocycles. The Morgan fingerprint density at radius 2 is 1.79 bits per heavy atom. The van der Waals surface area contributed by atoms with Crippen molar-refractivity contribution in [2.24, 2.45) is 0 Å². The summed E-state index contributed by atoms with van der Waals surface area (Å²) in [6.07, 6.45) is -1.18. The molecule has 0 saturated heterocycles. The lowest BCUT2D eigenvalue weighted by atomic mass is 10.1. The summed E-state index contributed by atoms with van der Waals surface area (Å²) in [6.45, 7) is -0.372. The molecule has 84 valence electrons. The maximum Gasteiger partial charge on any atom is 0.341 e. The molecule has 3 nitrogen and oxygen atoms in total. The highest BCUT2D eigenvalue weighted by atomic mass is 19.1. The Morgan fingerprint density at radius 1 is 1.21 bits per heavy atom. The van der Waals surface area contributed by atoms with E-state index in [0.29, 0.717) is 25.7 Å². The normalized spacial score (nSPS) is 15.1. The minimum absolute atomic E-state index is 0.111. The fraction of sp³-hybridized carbons (Fsp3) is 0.889. The molecule has 0 saturated carbocycles. The van der Waals surface area contributed by atoms with E-state index < -0.39 is 18.2 Å². The van der Waals surface area contributed by atoms with Gasteiger partial charge in [0.05, 0.1) is 12.8 Å². The van der Waals surface area contributed by atoms with Gasteiger partial charge in [0.1, 0.15) is 0 Å². The molecule has 0 fully saturated rings. The van der Waals surface area contributed by atoms with Crippen LogP contribution in [-0.2, 0) is 4.79 Å². The zero-order valence-corrected chi connectivity index (χ0v) is 7.96. The lowest BCUT2D eigenvalue weighted by Gasteiger charge is -2.11. The molecule has 0 radical (unpaired) electrons. The Kier molecular flexibility index (Phi) is 7.28. The molecule has 0 aromatic heterocycles. The van der Waals surface area contributed by atoms with Crippen LogP contribution in [-0.4, -0.2) is 35.1 Å². The van der Waals surface area contributed by atoms with E-state index in [1.165, 1.54) is 0 Å². The van der Waals surface area contributed by atoms with Crippen molar-refractivity contribution in [2.45, 2.75) is 44.4 Å². The maximum atomic E-state index is 12.6. The molecule has 2 unspecified atom stereocenters. The average Bonchev–Trinajstić information content (AvgIpc) is 2.16. The van der Waals surface area contributed by atoms with E-state index in [2.05, 4.69) is 0 Å². The number of halogens is 2. The van der Waals surface area contributed by atoms with Gasteiger partial charge in [-0.15, -0.1) is 0 Å². The Hall–Kier alpha value is -0.710. The first kappa shape index (κ1) is 13.3. The van der Waals surface area contributed by atoms with E-state index in [-0.39, 0.29) is 13.1 Å². The molecule has 0 aliphatic heterocycles. The van der Waals surface area contributed by atoms with Crippen LogP contribution in [0.25, 0.3) is 0 Å². The topological polar surface area (TPSA) is 57.5 Å². The molecule has 2 atom stereocenters. The smallest absolute Gasteiger partial charge is 0.341 e. The van der Waals surface area contributed by atoms with Crippen LogP contribution >= 0.6 is 0 Å². The van der Waals surface area contributed by atoms with Gasteiger partial charge >= 0.3 is 5.97 Å². The van der Waals surface area contributed by atoms with E-state index in [1.807, 2.05) is 0 Å². The van der Waals surface area contributed by atoms with Crippen LogP contribution in [0, 0.1) is 0 Å². The number of carboxylic acids is 1. The van der Waals surface area contributed by atoms with Crippen LogP contribution < -0.4 is 0 Å². The highest BCUT2D eigenvalue weighted by Gasteiger charge is 2.24. The van der Waals surface area contributed by atoms with E-state index in [4.69, 9.17) is 10.2 Å². The molecule has 14 heavy (non-hydrogen) atoms. The Morgan fingerprint density at radius 3 is 2.29 bits per heavy atom. The van der Waals surface area contributed by atoms with Gasteiger partial charge in [-0.25, -0.2) is 9.18 Å². The number of unbranched alkanes of at least 4 members (excludes halogenated alkanes) is 3. The molecular weight excluding hydrogens is 194 g/mol. The molecule has 0 bridgehead atoms. The third-order valence-corrected chi connectivity index (χ3v) is 1.96. The number of aliphatic carboxylic acids is 1. The highest BCUT2D eigenvalue weighted by Crippen LogP contribution is 2.10. The quantitative estimate of drug-likeness (QED) is 0.599. The summed E-state index contributed by atoms with van der Waals surface area (Å²) in [5.74, 6) is -1.64. The molecule has 0 rings (SSSR count). The molecule has 0 aromatic carbocycles. The van der Waals surface area contributed by atoms with Gasteiger partial charge in [-0.2, -0.15) is 0 Å². The number of carboxylic acid groups (broad SMARTS) is 1. The summed E-state index contributed by atoms with van der Waals surface area (Å²) in [4.78, 5) is 10.1. The highest BCUT2D eigenvalue weighted by molar-refractivity contribution is 5.72. The Bertz CT molecular complexity index is 164. The zero-order chi connectivity index (χ0) is 11.0. The zero-order valence-electron chi connectivity index (χ0n) is 7.96. The predicted molar refractivity (Wildman–Crippen MR) is 47.6 cm³/mol. The second-order valence-electron chi connectivity index (χ2n) is 3.20. The number of hydrogen-bond donors (Lipinski definition) is 2. The van der Waals surface area contributed by atoms with Crippen molar-refractivity contribution in [3.8, 4) is 0 Å². The van der Waals surface area contributed by atoms with Gasteiger partial charge in [0.2, 0.25) is 6.17 Å². The summed E-state index contributed by atoms with van der Waals surface area (Å²) in [5, 5.41) is 17.2.